The number of nitriles is 2. The van der Waals surface area contributed by atoms with Crippen molar-refractivity contribution in [3.05, 3.63) is 40.9 Å². The van der Waals surface area contributed by atoms with Gasteiger partial charge in [0.1, 0.15) is 18.7 Å². The highest BCUT2D eigenvalue weighted by Crippen LogP contribution is 2.22. The molecule has 0 unspecified atom stereocenters. The number of anilines is 2. The lowest BCUT2D eigenvalue weighted by Crippen LogP contribution is -2.19. The Kier molecular flexibility index (Phi) is 4.07. The average Bonchev–Trinajstić information content (AvgIpc) is 2.83. The Morgan fingerprint density at radius 1 is 1.43 bits per heavy atom. The minimum atomic E-state index is -0.401. The summed E-state index contributed by atoms with van der Waals surface area (Å²) in [6.07, 6.45) is 1.27. The van der Waals surface area contributed by atoms with Gasteiger partial charge in [-0.25, -0.2) is 4.98 Å². The van der Waals surface area contributed by atoms with Gasteiger partial charge in [0, 0.05) is 5.02 Å². The molecule has 2 rings (SSSR count). The molecular formula is C13H9ClN6O. The summed E-state index contributed by atoms with van der Waals surface area (Å²) in [6, 6.07) is 8.32. The van der Waals surface area contributed by atoms with E-state index in [1.807, 2.05) is 6.07 Å². The Hall–Kier alpha value is -3.03. The molecular weight excluding hydrogens is 292 g/mol. The van der Waals surface area contributed by atoms with Gasteiger partial charge < -0.3 is 15.6 Å². The normalized spacial score (nSPS) is 9.67. The van der Waals surface area contributed by atoms with Crippen LogP contribution in [-0.4, -0.2) is 15.5 Å². The zero-order valence-corrected chi connectivity index (χ0v) is 11.4. The lowest BCUT2D eigenvalue weighted by atomic mass is 10.2. The third-order valence-corrected chi connectivity index (χ3v) is 2.89. The van der Waals surface area contributed by atoms with Crippen LogP contribution in [0.4, 0.5) is 11.4 Å². The molecule has 1 amide bonds. The van der Waals surface area contributed by atoms with Gasteiger partial charge in [0.05, 0.1) is 17.7 Å². The molecule has 0 spiro atoms. The number of hydrogen-bond donors (Lipinski definition) is 2. The first kappa shape index (κ1) is 14.4. The van der Waals surface area contributed by atoms with E-state index in [1.54, 1.807) is 18.2 Å². The molecule has 1 aromatic heterocycles. The largest absolute Gasteiger partial charge is 0.397 e. The van der Waals surface area contributed by atoms with E-state index in [-0.39, 0.29) is 17.9 Å². The molecule has 0 radical (unpaired) electrons. The summed E-state index contributed by atoms with van der Waals surface area (Å²) >= 11 is 5.77. The van der Waals surface area contributed by atoms with Crippen molar-refractivity contribution in [2.45, 2.75) is 6.54 Å². The number of carbonyl (C=O) groups excluding carboxylic acids is 1. The molecule has 21 heavy (non-hydrogen) atoms. The number of benzene rings is 1. The Balaban J connectivity index is 2.14. The zero-order valence-electron chi connectivity index (χ0n) is 10.7. The molecule has 7 nitrogen and oxygen atoms in total. The van der Waals surface area contributed by atoms with Crippen LogP contribution in [-0.2, 0) is 11.3 Å². The molecule has 104 valence electrons. The van der Waals surface area contributed by atoms with E-state index in [0.717, 1.165) is 0 Å². The van der Waals surface area contributed by atoms with Crippen LogP contribution in [0.1, 0.15) is 11.4 Å². The van der Waals surface area contributed by atoms with Crippen molar-refractivity contribution in [3.8, 4) is 12.1 Å². The molecule has 0 saturated carbocycles. The van der Waals surface area contributed by atoms with E-state index in [9.17, 15) is 4.79 Å². The van der Waals surface area contributed by atoms with E-state index in [4.69, 9.17) is 27.9 Å². The minimum Gasteiger partial charge on any atom is -0.397 e. The van der Waals surface area contributed by atoms with Gasteiger partial charge in [-0.1, -0.05) is 11.6 Å². The lowest BCUT2D eigenvalue weighted by Gasteiger charge is -2.09. The van der Waals surface area contributed by atoms with Crippen molar-refractivity contribution >= 4 is 28.9 Å². The van der Waals surface area contributed by atoms with Crippen LogP contribution in [0.3, 0.4) is 0 Å². The summed E-state index contributed by atoms with van der Waals surface area (Å²) in [5.41, 5.74) is 6.51. The van der Waals surface area contributed by atoms with Gasteiger partial charge >= 0.3 is 0 Å². The third-order valence-electron chi connectivity index (χ3n) is 2.65. The van der Waals surface area contributed by atoms with Crippen LogP contribution >= 0.6 is 11.6 Å². The van der Waals surface area contributed by atoms with Crippen molar-refractivity contribution in [3.63, 3.8) is 0 Å². The number of halogens is 1. The second-order valence-corrected chi connectivity index (χ2v) is 4.51. The van der Waals surface area contributed by atoms with Crippen molar-refractivity contribution in [2.24, 2.45) is 0 Å². The van der Waals surface area contributed by atoms with E-state index in [0.29, 0.717) is 16.4 Å². The smallest absolute Gasteiger partial charge is 0.244 e. The van der Waals surface area contributed by atoms with Crippen LogP contribution in [0.25, 0.3) is 0 Å². The Morgan fingerprint density at radius 3 is 2.81 bits per heavy atom. The van der Waals surface area contributed by atoms with Crippen LogP contribution < -0.4 is 11.1 Å². The fourth-order valence-corrected chi connectivity index (χ4v) is 1.87. The van der Waals surface area contributed by atoms with Crippen molar-refractivity contribution in [2.75, 3.05) is 11.1 Å². The number of imidazole rings is 1. The quantitative estimate of drug-likeness (QED) is 0.832. The van der Waals surface area contributed by atoms with E-state index >= 15 is 0 Å². The van der Waals surface area contributed by atoms with Crippen LogP contribution in [0, 0.1) is 22.7 Å². The topological polar surface area (TPSA) is 121 Å². The second-order valence-electron chi connectivity index (χ2n) is 4.07. The highest BCUT2D eigenvalue weighted by atomic mass is 35.5. The molecule has 0 saturated heterocycles. The van der Waals surface area contributed by atoms with E-state index in [2.05, 4.69) is 10.3 Å². The van der Waals surface area contributed by atoms with E-state index < -0.39 is 5.91 Å². The number of aromatic nitrogens is 2. The van der Waals surface area contributed by atoms with Gasteiger partial charge in [-0.05, 0) is 18.2 Å². The number of hydrogen-bond acceptors (Lipinski definition) is 5. The first-order valence-corrected chi connectivity index (χ1v) is 6.13. The zero-order chi connectivity index (χ0) is 15.4. The molecule has 0 fully saturated rings. The summed E-state index contributed by atoms with van der Waals surface area (Å²) in [5.74, 6) is -0.401. The third kappa shape index (κ3) is 3.11. The van der Waals surface area contributed by atoms with Gasteiger partial charge in [-0.2, -0.15) is 10.5 Å². The molecule has 2 aromatic rings. The van der Waals surface area contributed by atoms with Crippen LogP contribution in [0.2, 0.25) is 5.02 Å². The molecule has 0 bridgehead atoms. The lowest BCUT2D eigenvalue weighted by molar-refractivity contribution is -0.116. The van der Waals surface area contributed by atoms with Crippen molar-refractivity contribution < 1.29 is 4.79 Å². The number of nitrogen functional groups attached to an aromatic ring is 1. The Bertz CT molecular complexity index is 783. The maximum Gasteiger partial charge on any atom is 0.244 e. The fraction of sp³-hybridized carbons (Fsp3) is 0.0769. The van der Waals surface area contributed by atoms with Crippen LogP contribution in [0.5, 0.6) is 0 Å². The van der Waals surface area contributed by atoms with Gasteiger partial charge in [0.25, 0.3) is 0 Å². The van der Waals surface area contributed by atoms with Gasteiger partial charge in [0.15, 0.2) is 11.4 Å². The molecule has 0 aliphatic carbocycles. The second kappa shape index (κ2) is 5.95. The number of rotatable bonds is 3. The summed E-state index contributed by atoms with van der Waals surface area (Å²) in [6.45, 7) is -0.153. The molecule has 8 heteroatoms. The molecule has 0 aliphatic heterocycles. The van der Waals surface area contributed by atoms with Crippen LogP contribution in [0.15, 0.2) is 24.5 Å². The predicted octanol–water partition coefficient (Wildman–Crippen LogP) is 1.50. The number of nitrogens with zero attached hydrogens (tertiary/aromatic N) is 4. The summed E-state index contributed by atoms with van der Waals surface area (Å²) in [5, 5.41) is 20.8. The summed E-state index contributed by atoms with van der Waals surface area (Å²) in [7, 11) is 0. The first-order valence-electron chi connectivity index (χ1n) is 5.75. The molecule has 1 heterocycles. The number of nitrogens with two attached hydrogens (primary N) is 1. The summed E-state index contributed by atoms with van der Waals surface area (Å²) in [4.78, 5) is 15.7. The maximum atomic E-state index is 11.9. The average molecular weight is 301 g/mol. The molecule has 3 N–H and O–H groups in total. The Morgan fingerprint density at radius 2 is 2.19 bits per heavy atom. The van der Waals surface area contributed by atoms with Crippen molar-refractivity contribution in [1.82, 2.24) is 9.55 Å². The minimum absolute atomic E-state index is 0.0173. The monoisotopic (exact) mass is 300 g/mol. The fourth-order valence-electron chi connectivity index (χ4n) is 1.69. The SMILES string of the molecule is N#Cc1ncn(CC(=O)Nc2ccc(Cl)cc2N)c1C#N. The van der Waals surface area contributed by atoms with Gasteiger partial charge in [-0.15, -0.1) is 0 Å². The number of amides is 1. The maximum absolute atomic E-state index is 11.9. The summed E-state index contributed by atoms with van der Waals surface area (Å²) < 4.78 is 1.29. The molecule has 1 aromatic carbocycles. The van der Waals surface area contributed by atoms with Gasteiger partial charge in [0.2, 0.25) is 5.91 Å². The first-order chi connectivity index (χ1) is 10.0. The number of carbonyl (C=O) groups is 1. The Labute approximate surface area is 125 Å². The van der Waals surface area contributed by atoms with Crippen molar-refractivity contribution in [1.29, 1.82) is 10.5 Å². The predicted molar refractivity (Wildman–Crippen MR) is 76.2 cm³/mol. The standard InChI is InChI=1S/C13H9ClN6O/c14-8-1-2-10(9(17)3-8)19-13(21)6-20-7-18-11(4-15)12(20)5-16/h1-3,7H,6,17H2,(H,19,21). The van der Waals surface area contributed by atoms with E-state index in [1.165, 1.54) is 17.0 Å². The van der Waals surface area contributed by atoms with Gasteiger partial charge in [-0.3, -0.25) is 4.79 Å². The molecule has 0 aliphatic rings. The highest BCUT2D eigenvalue weighted by molar-refractivity contribution is 6.31. The number of nitrogens with one attached hydrogen (secondary N) is 1. The molecule has 0 atom stereocenters. The highest BCUT2D eigenvalue weighted by Gasteiger charge is 2.13.